The van der Waals surface area contributed by atoms with Crippen LogP contribution in [0, 0.1) is 13.0 Å². The van der Waals surface area contributed by atoms with E-state index in [0.29, 0.717) is 29.2 Å². The Hall–Kier alpha value is -1.47. The van der Waals surface area contributed by atoms with E-state index in [1.807, 2.05) is 6.92 Å². The quantitative estimate of drug-likeness (QED) is 0.634. The molecule has 0 fully saturated rings. The number of anilines is 1. The molecule has 0 aliphatic rings. The zero-order chi connectivity index (χ0) is 15.4. The average molecular weight is 375 g/mol. The predicted molar refractivity (Wildman–Crippen MR) is 76.1 cm³/mol. The molecule has 1 heterocycles. The van der Waals surface area contributed by atoms with E-state index >= 15 is 0 Å². The molecule has 0 unspecified atom stereocenters. The Morgan fingerprint density at radius 3 is 2.77 bits per heavy atom. The van der Waals surface area contributed by atoms with Gasteiger partial charge >= 0.3 is 0 Å². The molecule has 22 heavy (non-hydrogen) atoms. The van der Waals surface area contributed by atoms with Gasteiger partial charge in [0.15, 0.2) is 0 Å². The van der Waals surface area contributed by atoms with Crippen LogP contribution in [0.15, 0.2) is 12.1 Å². The molecule has 1 amide bonds. The Morgan fingerprint density at radius 2 is 2.14 bits per heavy atom. The number of amides is 1. The van der Waals surface area contributed by atoms with Crippen LogP contribution >= 0.6 is 0 Å². The van der Waals surface area contributed by atoms with Gasteiger partial charge < -0.3 is 4.79 Å². The summed E-state index contributed by atoms with van der Waals surface area (Å²) in [6.45, 7) is 5.77. The number of tetrazole rings is 1. The Bertz CT molecular complexity index is 684. The minimum atomic E-state index is -0.351. The molecule has 7 nitrogen and oxygen atoms in total. The smallest absolute Gasteiger partial charge is 0.249 e. The van der Waals surface area contributed by atoms with Gasteiger partial charge in [0.1, 0.15) is 0 Å². The van der Waals surface area contributed by atoms with Gasteiger partial charge in [0.05, 0.1) is 5.78 Å². The number of aryl methyl sites for hydroxylation is 1. The van der Waals surface area contributed by atoms with Gasteiger partial charge in [0.2, 0.25) is 11.9 Å². The van der Waals surface area contributed by atoms with Crippen molar-refractivity contribution in [2.24, 2.45) is 0 Å². The molecule has 0 aliphatic heterocycles. The van der Waals surface area contributed by atoms with Crippen molar-refractivity contribution in [2.45, 2.75) is 33.7 Å². The van der Waals surface area contributed by atoms with Crippen LogP contribution in [0.3, 0.4) is 0 Å². The van der Waals surface area contributed by atoms with Crippen LogP contribution < -0.4 is 5.32 Å². The van der Waals surface area contributed by atoms with Crippen molar-refractivity contribution in [3.8, 4) is 0 Å². The molecule has 0 aliphatic carbocycles. The summed E-state index contributed by atoms with van der Waals surface area (Å²) >= 11 is 0. The Labute approximate surface area is 153 Å². The van der Waals surface area contributed by atoms with Gasteiger partial charge in [-0.3, -0.25) is 10.1 Å². The fourth-order valence-electron chi connectivity index (χ4n) is 2.01. The number of aromatic nitrogens is 4. The Kier molecular flexibility index (Phi) is 6.96. The third kappa shape index (κ3) is 4.04. The molecule has 1 aromatic heterocycles. The monoisotopic (exact) mass is 375 g/mol. The maximum Gasteiger partial charge on any atom is 0.249 e. The summed E-state index contributed by atoms with van der Waals surface area (Å²) in [6, 6.07) is 6.03. The second-order valence-electron chi connectivity index (χ2n) is 4.63. The number of ketones is 1. The van der Waals surface area contributed by atoms with Crippen molar-refractivity contribution in [3.63, 3.8) is 0 Å². The van der Waals surface area contributed by atoms with Gasteiger partial charge in [-0.2, -0.15) is 0 Å². The molecule has 1 N–H and O–H groups in total. The van der Waals surface area contributed by atoms with Crippen molar-refractivity contribution < 1.29 is 42.3 Å². The first-order chi connectivity index (χ1) is 10.0. The maximum atomic E-state index is 12.3. The van der Waals surface area contributed by atoms with Gasteiger partial charge in [-0.1, -0.05) is 18.9 Å². The van der Waals surface area contributed by atoms with Crippen molar-refractivity contribution in [1.82, 2.24) is 20.2 Å². The number of hydrogen-bond donors (Lipinski definition) is 1. The molecule has 8 heteroatoms. The van der Waals surface area contributed by atoms with E-state index < -0.39 is 0 Å². The molecule has 0 saturated heterocycles. The number of rotatable bonds is 5. The molecular weight excluding hydrogens is 359 g/mol. The van der Waals surface area contributed by atoms with Gasteiger partial charge in [0, 0.05) is 39.3 Å². The molecule has 2 rings (SSSR count). The van der Waals surface area contributed by atoms with Crippen LogP contribution in [0.5, 0.6) is 0 Å². The summed E-state index contributed by atoms with van der Waals surface area (Å²) in [7, 11) is 0. The minimum absolute atomic E-state index is 0. The Morgan fingerprint density at radius 1 is 1.41 bits per heavy atom. The molecule has 0 atom stereocenters. The fourth-order valence-corrected chi connectivity index (χ4v) is 2.01. The van der Waals surface area contributed by atoms with E-state index in [2.05, 4.69) is 26.9 Å². The van der Waals surface area contributed by atoms with Crippen LogP contribution in [-0.4, -0.2) is 31.9 Å². The van der Waals surface area contributed by atoms with E-state index in [4.69, 9.17) is 0 Å². The normalized spacial score (nSPS) is 9.95. The van der Waals surface area contributed by atoms with Crippen LogP contribution in [0.25, 0.3) is 0 Å². The molecule has 0 saturated carbocycles. The summed E-state index contributed by atoms with van der Waals surface area (Å²) in [5.41, 5.74) is 1.41. The number of benzene rings is 1. The number of nitrogens with one attached hydrogen (secondary N) is 1. The van der Waals surface area contributed by atoms with Crippen LogP contribution in [0.1, 0.15) is 46.5 Å². The maximum absolute atomic E-state index is 12.3. The van der Waals surface area contributed by atoms with Gasteiger partial charge in [-0.15, -0.1) is 29.3 Å². The second-order valence-corrected chi connectivity index (χ2v) is 4.63. The first-order valence-corrected chi connectivity index (χ1v) is 6.64. The third-order valence-electron chi connectivity index (χ3n) is 3.05. The van der Waals surface area contributed by atoms with Crippen molar-refractivity contribution in [1.29, 1.82) is 0 Å². The Balaban J connectivity index is 0.00000242. The van der Waals surface area contributed by atoms with E-state index in [0.717, 1.165) is 6.42 Å². The van der Waals surface area contributed by atoms with Crippen molar-refractivity contribution >= 4 is 17.6 Å². The summed E-state index contributed by atoms with van der Waals surface area (Å²) < 4.78 is 1.52. The van der Waals surface area contributed by atoms with E-state index in [1.165, 1.54) is 11.6 Å². The summed E-state index contributed by atoms with van der Waals surface area (Å²) in [6.07, 6.45) is 0.849. The number of hydrogen-bond acceptors (Lipinski definition) is 5. The number of nitrogens with zero attached hydrogens (tertiary/aromatic N) is 4. The first kappa shape index (κ1) is 18.6. The predicted octanol–water partition coefficient (Wildman–Crippen LogP) is 1.64. The summed E-state index contributed by atoms with van der Waals surface area (Å²) in [4.78, 5) is 23.8. The fraction of sp³-hybridized carbons (Fsp3) is 0.357. The molecule has 1 aromatic carbocycles. The van der Waals surface area contributed by atoms with Crippen molar-refractivity contribution in [3.05, 3.63) is 34.9 Å². The standard InChI is InChI=1S/C14H16N5O2.Y/c1-4-8-19-14(16-17-18-19)15-13(21)12-7-5-6-11(9(12)2)10(3)20;/h5,7H,4,8H2,1-3H3,(H,15,16,18,21);/q-1;. The number of carbonyl (C=O) groups is 2. The average Bonchev–Trinajstić information content (AvgIpc) is 2.86. The molecule has 0 spiro atoms. The van der Waals surface area contributed by atoms with Crippen LogP contribution in [0.4, 0.5) is 5.95 Å². The van der Waals surface area contributed by atoms with E-state index in [-0.39, 0.29) is 44.4 Å². The molecule has 1 radical (unpaired) electrons. The van der Waals surface area contributed by atoms with E-state index in [1.54, 1.807) is 19.1 Å². The minimum Gasteiger partial charge on any atom is -0.352 e. The van der Waals surface area contributed by atoms with Gasteiger partial charge in [-0.05, 0) is 29.3 Å². The summed E-state index contributed by atoms with van der Waals surface area (Å²) in [5, 5.41) is 13.8. The molecular formula is C14H16N5O2Y-. The first-order valence-electron chi connectivity index (χ1n) is 6.64. The number of Topliss-reactive ketones (excluding diaryl/α,β-unsaturated/α-hetero) is 1. The molecule has 0 bridgehead atoms. The third-order valence-corrected chi connectivity index (χ3v) is 3.05. The van der Waals surface area contributed by atoms with Gasteiger partial charge in [0.25, 0.3) is 0 Å². The van der Waals surface area contributed by atoms with Crippen LogP contribution in [0.2, 0.25) is 0 Å². The molecule has 113 valence electrons. The van der Waals surface area contributed by atoms with Gasteiger partial charge in [-0.25, -0.2) is 4.68 Å². The zero-order valence-corrected chi connectivity index (χ0v) is 15.6. The van der Waals surface area contributed by atoms with Crippen LogP contribution in [-0.2, 0) is 39.3 Å². The SMILES string of the molecule is CCCn1nnnc1NC(=O)c1cc[c-]c(C(C)=O)c1C.[Y]. The molecule has 2 aromatic rings. The second kappa shape index (κ2) is 8.24. The number of carbonyl (C=O) groups excluding carboxylic acids is 2. The zero-order valence-electron chi connectivity index (χ0n) is 12.8. The topological polar surface area (TPSA) is 89.8 Å². The van der Waals surface area contributed by atoms with E-state index in [9.17, 15) is 9.59 Å². The largest absolute Gasteiger partial charge is 0.352 e. The van der Waals surface area contributed by atoms with Crippen molar-refractivity contribution in [2.75, 3.05) is 5.32 Å². The summed E-state index contributed by atoms with van der Waals surface area (Å²) in [5.74, 6) is -0.187.